The topological polar surface area (TPSA) is 104 Å². The molecule has 3 aliphatic heterocycles. The van der Waals surface area contributed by atoms with Crippen molar-refractivity contribution >= 4 is 50.1 Å². The lowest BCUT2D eigenvalue weighted by Crippen LogP contribution is -2.59. The Labute approximate surface area is 208 Å². The number of esters is 1. The van der Waals surface area contributed by atoms with E-state index >= 15 is 0 Å². The SMILES string of the molecule is C=CCOC(=O)C1=C(CN2c3cccc4c(CCO)ccc(c34)S2(=O)=O)SC2C(C(C)C)C(=O)N12. The van der Waals surface area contributed by atoms with E-state index in [0.29, 0.717) is 22.4 Å². The summed E-state index contributed by atoms with van der Waals surface area (Å²) in [6.07, 6.45) is 1.86. The maximum absolute atomic E-state index is 13.6. The highest BCUT2D eigenvalue weighted by Crippen LogP contribution is 2.53. The van der Waals surface area contributed by atoms with E-state index in [-0.39, 0.29) is 53.5 Å². The molecular formula is C25H26N2O6S2. The first-order chi connectivity index (χ1) is 16.7. The van der Waals surface area contributed by atoms with Gasteiger partial charge in [0.05, 0.1) is 28.4 Å². The van der Waals surface area contributed by atoms with Crippen molar-refractivity contribution in [2.24, 2.45) is 11.8 Å². The largest absolute Gasteiger partial charge is 0.457 e. The van der Waals surface area contributed by atoms with Gasteiger partial charge in [-0.3, -0.25) is 14.0 Å². The van der Waals surface area contributed by atoms with Crippen molar-refractivity contribution in [3.8, 4) is 0 Å². The molecule has 0 aromatic heterocycles. The third-order valence-corrected chi connectivity index (χ3v) is 9.83. The molecule has 3 aliphatic rings. The number of aliphatic hydroxyl groups is 1. The first-order valence-electron chi connectivity index (χ1n) is 11.4. The highest BCUT2D eigenvalue weighted by molar-refractivity contribution is 8.04. The summed E-state index contributed by atoms with van der Waals surface area (Å²) in [5.41, 5.74) is 1.50. The van der Waals surface area contributed by atoms with Gasteiger partial charge in [0.1, 0.15) is 12.3 Å². The van der Waals surface area contributed by atoms with Crippen LogP contribution in [0.15, 0.2) is 58.5 Å². The van der Waals surface area contributed by atoms with Crippen molar-refractivity contribution in [1.29, 1.82) is 0 Å². The van der Waals surface area contributed by atoms with Crippen LogP contribution in [-0.2, 0) is 30.8 Å². The van der Waals surface area contributed by atoms with Crippen molar-refractivity contribution in [1.82, 2.24) is 4.90 Å². The summed E-state index contributed by atoms with van der Waals surface area (Å²) in [7, 11) is -3.89. The lowest BCUT2D eigenvalue weighted by Gasteiger charge is -2.44. The number of carbonyl (C=O) groups is 2. The second-order valence-corrected chi connectivity index (χ2v) is 12.1. The van der Waals surface area contributed by atoms with Crippen LogP contribution in [-0.4, -0.2) is 55.4 Å². The van der Waals surface area contributed by atoms with Crippen LogP contribution < -0.4 is 4.31 Å². The minimum atomic E-state index is -3.89. The number of anilines is 1. The van der Waals surface area contributed by atoms with Crippen LogP contribution in [0.5, 0.6) is 0 Å². The number of β-lactam (4-membered cyclic amide) rings is 1. The van der Waals surface area contributed by atoms with Gasteiger partial charge in [-0.25, -0.2) is 13.2 Å². The fourth-order valence-corrected chi connectivity index (χ4v) is 8.48. The molecule has 0 bridgehead atoms. The Bertz CT molecular complexity index is 1400. The zero-order valence-electron chi connectivity index (χ0n) is 19.4. The Kier molecular flexibility index (Phi) is 5.93. The van der Waals surface area contributed by atoms with Gasteiger partial charge in [0.15, 0.2) is 0 Å². The third-order valence-electron chi connectivity index (χ3n) is 6.67. The number of hydrogen-bond acceptors (Lipinski definition) is 7. The predicted molar refractivity (Wildman–Crippen MR) is 134 cm³/mol. The van der Waals surface area contributed by atoms with Crippen LogP contribution in [0.25, 0.3) is 10.8 Å². The minimum absolute atomic E-state index is 0.0129. The minimum Gasteiger partial charge on any atom is -0.457 e. The molecule has 0 spiro atoms. The van der Waals surface area contributed by atoms with E-state index in [1.807, 2.05) is 19.9 Å². The molecule has 1 N–H and O–H groups in total. The van der Waals surface area contributed by atoms with E-state index in [2.05, 4.69) is 6.58 Å². The monoisotopic (exact) mass is 514 g/mol. The van der Waals surface area contributed by atoms with Gasteiger partial charge >= 0.3 is 5.97 Å². The highest BCUT2D eigenvalue weighted by Gasteiger charge is 2.57. The average Bonchev–Trinajstić information content (AvgIpc) is 3.25. The Morgan fingerprint density at radius 2 is 2.06 bits per heavy atom. The molecule has 5 rings (SSSR count). The summed E-state index contributed by atoms with van der Waals surface area (Å²) >= 11 is 1.36. The normalized spacial score (nSPS) is 22.1. The maximum Gasteiger partial charge on any atom is 0.356 e. The maximum atomic E-state index is 13.6. The van der Waals surface area contributed by atoms with Gasteiger partial charge in [-0.2, -0.15) is 0 Å². The summed E-state index contributed by atoms with van der Waals surface area (Å²) < 4.78 is 33.8. The van der Waals surface area contributed by atoms with Crippen molar-refractivity contribution in [2.45, 2.75) is 30.5 Å². The van der Waals surface area contributed by atoms with Crippen molar-refractivity contribution < 1.29 is 27.9 Å². The Hall–Kier alpha value is -2.82. The molecule has 2 atom stereocenters. The molecule has 2 aromatic carbocycles. The smallest absolute Gasteiger partial charge is 0.356 e. The molecule has 10 heteroatoms. The third kappa shape index (κ3) is 3.49. The lowest BCUT2D eigenvalue weighted by molar-refractivity contribution is -0.155. The van der Waals surface area contributed by atoms with Crippen molar-refractivity contribution in [2.75, 3.05) is 24.1 Å². The Morgan fingerprint density at radius 3 is 2.74 bits per heavy atom. The molecule has 1 fully saturated rings. The number of sulfonamides is 1. The number of rotatable bonds is 8. The van der Waals surface area contributed by atoms with Crippen LogP contribution in [0.1, 0.15) is 19.4 Å². The molecule has 0 radical (unpaired) electrons. The number of amides is 1. The quantitative estimate of drug-likeness (QED) is 0.328. The summed E-state index contributed by atoms with van der Waals surface area (Å²) in [6.45, 7) is 7.34. The first-order valence-corrected chi connectivity index (χ1v) is 13.7. The number of fused-ring (bicyclic) bond motifs is 1. The molecule has 3 heterocycles. The molecule has 8 nitrogen and oxygen atoms in total. The van der Waals surface area contributed by atoms with E-state index < -0.39 is 16.0 Å². The van der Waals surface area contributed by atoms with Crippen LogP contribution >= 0.6 is 11.8 Å². The molecule has 0 aliphatic carbocycles. The van der Waals surface area contributed by atoms with Gasteiger partial charge in [0.25, 0.3) is 10.0 Å². The number of thioether (sulfide) groups is 1. The number of benzene rings is 2. The van der Waals surface area contributed by atoms with E-state index in [9.17, 15) is 23.1 Å². The number of nitrogens with zero attached hydrogens (tertiary/aromatic N) is 2. The van der Waals surface area contributed by atoms with Gasteiger partial charge in [-0.05, 0) is 35.4 Å². The van der Waals surface area contributed by atoms with Crippen molar-refractivity contribution in [3.63, 3.8) is 0 Å². The second kappa shape index (κ2) is 8.69. The van der Waals surface area contributed by atoms with E-state index in [4.69, 9.17) is 4.74 Å². The lowest BCUT2D eigenvalue weighted by atomic mass is 9.86. The average molecular weight is 515 g/mol. The number of ether oxygens (including phenoxy) is 1. The molecule has 0 saturated carbocycles. The highest BCUT2D eigenvalue weighted by atomic mass is 32.2. The molecule has 1 amide bonds. The van der Waals surface area contributed by atoms with Crippen LogP contribution in [0, 0.1) is 11.8 Å². The van der Waals surface area contributed by atoms with E-state index in [1.54, 1.807) is 24.3 Å². The molecular weight excluding hydrogens is 488 g/mol. The Morgan fingerprint density at radius 1 is 1.29 bits per heavy atom. The van der Waals surface area contributed by atoms with Crippen LogP contribution in [0.2, 0.25) is 0 Å². The van der Waals surface area contributed by atoms with Gasteiger partial charge < -0.3 is 9.84 Å². The molecule has 35 heavy (non-hydrogen) atoms. The van der Waals surface area contributed by atoms with Gasteiger partial charge in [0, 0.05) is 16.9 Å². The molecule has 2 aromatic rings. The first kappa shape index (κ1) is 23.9. The number of carbonyl (C=O) groups excluding carboxylic acids is 2. The summed E-state index contributed by atoms with van der Waals surface area (Å²) in [4.78, 5) is 28.0. The number of aliphatic hydroxyl groups excluding tert-OH is 1. The fourth-order valence-electron chi connectivity index (χ4n) is 5.05. The zero-order chi connectivity index (χ0) is 25.1. The van der Waals surface area contributed by atoms with Crippen LogP contribution in [0.4, 0.5) is 5.69 Å². The second-order valence-electron chi connectivity index (χ2n) is 9.05. The predicted octanol–water partition coefficient (Wildman–Crippen LogP) is 3.01. The summed E-state index contributed by atoms with van der Waals surface area (Å²) in [6, 6.07) is 8.69. The van der Waals surface area contributed by atoms with Crippen LogP contribution in [0.3, 0.4) is 0 Å². The zero-order valence-corrected chi connectivity index (χ0v) is 21.1. The molecule has 2 unspecified atom stereocenters. The Balaban J connectivity index is 1.58. The fraction of sp³-hybridized carbons (Fsp3) is 0.360. The molecule has 184 valence electrons. The van der Waals surface area contributed by atoms with E-state index in [1.165, 1.54) is 27.0 Å². The standard InChI is InChI=1S/C25H26N2O6S2/c1-4-12-33-25(30)22-18(34-24-20(14(2)3)23(29)27(22)24)13-26-17-7-5-6-16-15(10-11-28)8-9-19(21(16)17)35(26,31)32/h4-9,14,20,24,28H,1,10-13H2,2-3H3. The summed E-state index contributed by atoms with van der Waals surface area (Å²) in [5.74, 6) is -0.986. The van der Waals surface area contributed by atoms with Gasteiger partial charge in [-0.1, -0.05) is 56.5 Å². The van der Waals surface area contributed by atoms with Gasteiger partial charge in [0.2, 0.25) is 5.91 Å². The summed E-state index contributed by atoms with van der Waals surface area (Å²) in [5, 5.41) is 10.6. The van der Waals surface area contributed by atoms with E-state index in [0.717, 1.165) is 10.9 Å². The van der Waals surface area contributed by atoms with Gasteiger partial charge in [-0.15, -0.1) is 0 Å². The van der Waals surface area contributed by atoms with Crippen molar-refractivity contribution in [3.05, 3.63) is 59.2 Å². The molecule has 1 saturated heterocycles. The number of hydrogen-bond donors (Lipinski definition) is 1.